The molecule has 14 heteroatoms. The largest absolute Gasteiger partial charge is 0.394 e. The van der Waals surface area contributed by atoms with Gasteiger partial charge in [-0.05, 0) is 24.3 Å². The first-order valence-corrected chi connectivity index (χ1v) is 15.6. The molecule has 0 bridgehead atoms. The fourth-order valence-corrected chi connectivity index (χ4v) is 6.86. The van der Waals surface area contributed by atoms with Gasteiger partial charge in [-0.3, -0.25) is 9.63 Å². The van der Waals surface area contributed by atoms with Gasteiger partial charge in [0.05, 0.1) is 24.7 Å². The summed E-state index contributed by atoms with van der Waals surface area (Å²) in [6.07, 6.45) is -4.09. The standard InChI is InChI=1S/C26H40N4O8S2/c1-17(32)28-23-25(34)24(33)21(16-31)38-26(23)30(37-4)13-7-14-39-15-12-27-40(35,36)22-11-6-8-18-19(22)9-5-10-20(18)29(2)3/h5-6,8-11,21,23-27,31,33-34H,7,12-16H2,1-4H3,(H,28,32)/t21-,23-,24-,25-,26-/m1/s1. The number of hydrogen-bond donors (Lipinski definition) is 5. The highest BCUT2D eigenvalue weighted by molar-refractivity contribution is 7.99. The number of aliphatic hydroxyl groups excluding tert-OH is 3. The van der Waals surface area contributed by atoms with Gasteiger partial charge in [-0.1, -0.05) is 24.3 Å². The third kappa shape index (κ3) is 7.84. The molecule has 2 aromatic rings. The smallest absolute Gasteiger partial charge is 0.241 e. The molecule has 0 aromatic heterocycles. The number of fused-ring (bicyclic) bond motifs is 1. The summed E-state index contributed by atoms with van der Waals surface area (Å²) in [4.78, 5) is 19.3. The van der Waals surface area contributed by atoms with Gasteiger partial charge >= 0.3 is 0 Å². The summed E-state index contributed by atoms with van der Waals surface area (Å²) in [5.74, 6) is 0.808. The van der Waals surface area contributed by atoms with E-state index in [1.807, 2.05) is 43.3 Å². The van der Waals surface area contributed by atoms with Gasteiger partial charge < -0.3 is 30.3 Å². The van der Waals surface area contributed by atoms with Crippen LogP contribution in [-0.4, -0.2) is 118 Å². The number of ether oxygens (including phenoxy) is 1. The van der Waals surface area contributed by atoms with Gasteiger partial charge in [-0.2, -0.15) is 16.8 Å². The maximum atomic E-state index is 13.1. The Bertz CT molecular complexity index is 1230. The molecule has 0 radical (unpaired) electrons. The van der Waals surface area contributed by atoms with Crippen molar-refractivity contribution >= 4 is 44.2 Å². The van der Waals surface area contributed by atoms with E-state index in [9.17, 15) is 28.5 Å². The number of hydrogen-bond acceptors (Lipinski definition) is 11. The number of hydroxylamine groups is 2. The number of amides is 1. The van der Waals surface area contributed by atoms with Gasteiger partial charge in [0.15, 0.2) is 6.23 Å². The number of rotatable bonds is 14. The van der Waals surface area contributed by atoms with E-state index in [1.165, 1.54) is 19.1 Å². The summed E-state index contributed by atoms with van der Waals surface area (Å²) in [5, 5.41) is 35.8. The van der Waals surface area contributed by atoms with Crippen molar-refractivity contribution in [1.82, 2.24) is 15.1 Å². The van der Waals surface area contributed by atoms with Crippen molar-refractivity contribution in [3.05, 3.63) is 36.4 Å². The molecular weight excluding hydrogens is 560 g/mol. The van der Waals surface area contributed by atoms with E-state index in [4.69, 9.17) is 9.57 Å². The predicted molar refractivity (Wildman–Crippen MR) is 154 cm³/mol. The van der Waals surface area contributed by atoms with Crippen molar-refractivity contribution in [3.8, 4) is 0 Å². The van der Waals surface area contributed by atoms with Gasteiger partial charge in [0, 0.05) is 56.3 Å². The summed E-state index contributed by atoms with van der Waals surface area (Å²) < 4.78 is 34.6. The molecule has 1 amide bonds. The van der Waals surface area contributed by atoms with Crippen LogP contribution < -0.4 is 14.9 Å². The number of nitrogens with zero attached hydrogens (tertiary/aromatic N) is 2. The third-order valence-electron chi connectivity index (χ3n) is 6.62. The van der Waals surface area contributed by atoms with E-state index in [0.717, 1.165) is 11.1 Å². The molecule has 40 heavy (non-hydrogen) atoms. The molecule has 224 valence electrons. The lowest BCUT2D eigenvalue weighted by atomic mass is 9.95. The number of aliphatic hydroxyl groups is 3. The van der Waals surface area contributed by atoms with E-state index in [2.05, 4.69) is 10.0 Å². The third-order valence-corrected chi connectivity index (χ3v) is 9.21. The fourth-order valence-electron chi connectivity index (χ4n) is 4.70. The molecule has 1 aliphatic rings. The van der Waals surface area contributed by atoms with Crippen molar-refractivity contribution in [2.75, 3.05) is 57.3 Å². The van der Waals surface area contributed by atoms with E-state index >= 15 is 0 Å². The van der Waals surface area contributed by atoms with Crippen molar-refractivity contribution in [1.29, 1.82) is 0 Å². The molecule has 0 spiro atoms. The first-order valence-electron chi connectivity index (χ1n) is 13.0. The zero-order valence-corrected chi connectivity index (χ0v) is 24.8. The summed E-state index contributed by atoms with van der Waals surface area (Å²) in [6, 6.07) is 9.89. The predicted octanol–water partition coefficient (Wildman–Crippen LogP) is 0.115. The van der Waals surface area contributed by atoms with Gasteiger partial charge in [0.2, 0.25) is 15.9 Å². The number of anilines is 1. The summed E-state index contributed by atoms with van der Waals surface area (Å²) in [7, 11) is 1.55. The molecular formula is C26H40N4O8S2. The summed E-state index contributed by atoms with van der Waals surface area (Å²) in [5.41, 5.74) is 0.940. The van der Waals surface area contributed by atoms with Crippen molar-refractivity contribution in [3.63, 3.8) is 0 Å². The van der Waals surface area contributed by atoms with Gasteiger partial charge in [0.25, 0.3) is 0 Å². The van der Waals surface area contributed by atoms with Crippen LogP contribution in [0.2, 0.25) is 0 Å². The molecule has 3 rings (SSSR count). The zero-order valence-electron chi connectivity index (χ0n) is 23.2. The second-order valence-corrected chi connectivity index (χ2v) is 12.6. The number of carbonyl (C=O) groups is 1. The van der Waals surface area contributed by atoms with Crippen LogP contribution >= 0.6 is 11.8 Å². The molecule has 0 unspecified atom stereocenters. The normalized spacial score (nSPS) is 23.4. The quantitative estimate of drug-likeness (QED) is 0.148. The van der Waals surface area contributed by atoms with Crippen LogP contribution in [0.4, 0.5) is 5.69 Å². The second kappa shape index (κ2) is 14.8. The zero-order chi connectivity index (χ0) is 29.4. The van der Waals surface area contributed by atoms with Gasteiger partial charge in [0.1, 0.15) is 18.3 Å². The first-order chi connectivity index (χ1) is 19.0. The molecule has 12 nitrogen and oxygen atoms in total. The van der Waals surface area contributed by atoms with Crippen LogP contribution in [0.15, 0.2) is 41.3 Å². The minimum Gasteiger partial charge on any atom is -0.394 e. The first kappa shape index (κ1) is 32.5. The Morgan fingerprint density at radius 2 is 1.80 bits per heavy atom. The SMILES string of the molecule is CON(CCCSCCNS(=O)(=O)c1cccc2c(N(C)C)cccc12)[C@@H]1O[C@H](CO)[C@@H](O)[C@H](O)[C@H]1NC(C)=O. The van der Waals surface area contributed by atoms with E-state index < -0.39 is 53.1 Å². The Morgan fingerprint density at radius 3 is 2.45 bits per heavy atom. The Hall–Kier alpha value is -2.01. The number of carbonyl (C=O) groups excluding carboxylic acids is 1. The number of sulfonamides is 1. The molecule has 1 fully saturated rings. The van der Waals surface area contributed by atoms with Crippen LogP contribution in [0.25, 0.3) is 10.8 Å². The molecule has 0 aliphatic carbocycles. The van der Waals surface area contributed by atoms with Crippen molar-refractivity contribution in [2.24, 2.45) is 0 Å². The van der Waals surface area contributed by atoms with E-state index in [0.29, 0.717) is 29.9 Å². The molecule has 5 N–H and O–H groups in total. The lowest BCUT2D eigenvalue weighted by Gasteiger charge is -2.45. The van der Waals surface area contributed by atoms with Crippen molar-refractivity contribution < 1.29 is 38.1 Å². The molecule has 1 aliphatic heterocycles. The maximum Gasteiger partial charge on any atom is 0.241 e. The average molecular weight is 601 g/mol. The van der Waals surface area contributed by atoms with E-state index in [-0.39, 0.29) is 11.4 Å². The second-order valence-electron chi connectivity index (χ2n) is 9.66. The summed E-state index contributed by atoms with van der Waals surface area (Å²) in [6.45, 7) is 1.39. The Labute approximate surface area is 239 Å². The lowest BCUT2D eigenvalue weighted by Crippen LogP contribution is -2.67. The maximum absolute atomic E-state index is 13.1. The average Bonchev–Trinajstić information content (AvgIpc) is 2.92. The number of benzene rings is 2. The van der Waals surface area contributed by atoms with Crippen LogP contribution in [0.1, 0.15) is 13.3 Å². The monoisotopic (exact) mass is 600 g/mol. The lowest BCUT2D eigenvalue weighted by molar-refractivity contribution is -0.304. The van der Waals surface area contributed by atoms with E-state index in [1.54, 1.807) is 23.9 Å². The Balaban J connectivity index is 1.51. The molecule has 1 saturated heterocycles. The van der Waals surface area contributed by atoms with Gasteiger partial charge in [-0.15, -0.1) is 0 Å². The van der Waals surface area contributed by atoms with Crippen LogP contribution in [0, 0.1) is 0 Å². The van der Waals surface area contributed by atoms with Crippen LogP contribution in [0.5, 0.6) is 0 Å². The highest BCUT2D eigenvalue weighted by Crippen LogP contribution is 2.30. The number of thioether (sulfide) groups is 1. The van der Waals surface area contributed by atoms with Crippen LogP contribution in [0.3, 0.4) is 0 Å². The Morgan fingerprint density at radius 1 is 1.10 bits per heavy atom. The number of nitrogens with one attached hydrogen (secondary N) is 2. The minimum absolute atomic E-state index is 0.240. The molecule has 5 atom stereocenters. The Kier molecular flexibility index (Phi) is 12.0. The molecule has 0 saturated carbocycles. The van der Waals surface area contributed by atoms with Gasteiger partial charge in [-0.25, -0.2) is 13.1 Å². The highest BCUT2D eigenvalue weighted by atomic mass is 32.2. The molecule has 1 heterocycles. The highest BCUT2D eigenvalue weighted by Gasteiger charge is 2.47. The fraction of sp³-hybridized carbons (Fsp3) is 0.577. The van der Waals surface area contributed by atoms with Crippen molar-refractivity contribution in [2.45, 2.75) is 48.8 Å². The summed E-state index contributed by atoms with van der Waals surface area (Å²) >= 11 is 1.56. The van der Waals surface area contributed by atoms with Crippen LogP contribution in [-0.2, 0) is 24.4 Å². The minimum atomic E-state index is -3.71. The molecule has 2 aromatic carbocycles. The topological polar surface area (TPSA) is 161 Å².